The Labute approximate surface area is 192 Å². The molecule has 1 N–H and O–H groups in total. The van der Waals surface area contributed by atoms with Crippen LogP contribution in [0.5, 0.6) is 0 Å². The van der Waals surface area contributed by atoms with Gasteiger partial charge in [0.25, 0.3) is 5.91 Å². The van der Waals surface area contributed by atoms with E-state index in [0.717, 1.165) is 18.4 Å². The van der Waals surface area contributed by atoms with Crippen LogP contribution in [0.1, 0.15) is 39.0 Å². The fraction of sp³-hybridized carbons (Fsp3) is 0.346. The molecule has 0 fully saturated rings. The molecule has 0 bridgehead atoms. The molecule has 3 unspecified atom stereocenters. The molecule has 1 aromatic rings. The molecule has 6 heteroatoms. The molecular formula is C26H26ClFN2O2. The second kappa shape index (κ2) is 9.78. The Morgan fingerprint density at radius 3 is 2.84 bits per heavy atom. The molecule has 0 aliphatic heterocycles. The second-order valence-electron chi connectivity index (χ2n) is 8.67. The van der Waals surface area contributed by atoms with Gasteiger partial charge in [0.05, 0.1) is 10.7 Å². The van der Waals surface area contributed by atoms with Gasteiger partial charge in [-0.25, -0.2) is 4.39 Å². The van der Waals surface area contributed by atoms with Crippen LogP contribution < -0.4 is 5.32 Å². The van der Waals surface area contributed by atoms with E-state index in [9.17, 15) is 14.0 Å². The number of anilines is 1. The summed E-state index contributed by atoms with van der Waals surface area (Å²) < 4.78 is 13.4. The van der Waals surface area contributed by atoms with Gasteiger partial charge in [0.2, 0.25) is 5.78 Å². The van der Waals surface area contributed by atoms with E-state index in [1.54, 1.807) is 12.1 Å². The minimum Gasteiger partial charge on any atom is -0.318 e. The topological polar surface area (TPSA) is 59.1 Å². The van der Waals surface area contributed by atoms with E-state index < -0.39 is 11.7 Å². The molecule has 3 aliphatic rings. The van der Waals surface area contributed by atoms with Gasteiger partial charge in [-0.15, -0.1) is 0 Å². The van der Waals surface area contributed by atoms with E-state index in [0.29, 0.717) is 36.4 Å². The zero-order valence-corrected chi connectivity index (χ0v) is 18.7. The van der Waals surface area contributed by atoms with Crippen LogP contribution in [0, 0.1) is 17.8 Å². The standard InChI is InChI=1S/C26H26ClFN2O2/c1-16-18(13-17-7-9-19(28)10-8-17)14-22(21-6-4-2-3-5-20(16)21)25(31)26(32)30-24-11-12-29-15-23(24)27/h2-4,6-7,9,11-12,15-16,18,20H,5,8,10,13-14H2,1H3,(H,29,30,32). The number of Topliss-reactive ketones (excluding diaryl/α,β-unsaturated/α-hetero) is 1. The summed E-state index contributed by atoms with van der Waals surface area (Å²) in [5.41, 5.74) is 3.08. The number of ketones is 1. The van der Waals surface area contributed by atoms with Crippen LogP contribution in [-0.2, 0) is 9.59 Å². The highest BCUT2D eigenvalue weighted by atomic mass is 35.5. The lowest BCUT2D eigenvalue weighted by atomic mass is 9.66. The maximum absolute atomic E-state index is 13.4. The Bertz CT molecular complexity index is 1080. The number of aromatic nitrogens is 1. The van der Waals surface area contributed by atoms with Gasteiger partial charge in [-0.1, -0.05) is 54.5 Å². The number of amides is 1. The Kier molecular flexibility index (Phi) is 6.85. The van der Waals surface area contributed by atoms with E-state index in [1.807, 2.05) is 24.3 Å². The Morgan fingerprint density at radius 1 is 1.25 bits per heavy atom. The molecule has 1 aromatic heterocycles. The van der Waals surface area contributed by atoms with Gasteiger partial charge in [-0.05, 0) is 61.2 Å². The lowest BCUT2D eigenvalue weighted by molar-refractivity contribution is -0.132. The smallest absolute Gasteiger partial charge is 0.296 e. The average Bonchev–Trinajstić information content (AvgIpc) is 3.05. The first-order chi connectivity index (χ1) is 15.4. The van der Waals surface area contributed by atoms with Gasteiger partial charge in [0.15, 0.2) is 0 Å². The third-order valence-electron chi connectivity index (χ3n) is 6.72. The predicted molar refractivity (Wildman–Crippen MR) is 125 cm³/mol. The number of nitrogens with one attached hydrogen (secondary N) is 1. The number of fused-ring (bicyclic) bond motifs is 1. The highest BCUT2D eigenvalue weighted by Gasteiger charge is 2.38. The maximum atomic E-state index is 13.4. The van der Waals surface area contributed by atoms with Crippen molar-refractivity contribution in [2.75, 3.05) is 5.32 Å². The van der Waals surface area contributed by atoms with E-state index in [4.69, 9.17) is 11.6 Å². The highest BCUT2D eigenvalue weighted by molar-refractivity contribution is 6.47. The second-order valence-corrected chi connectivity index (χ2v) is 9.08. The Morgan fingerprint density at radius 2 is 2.09 bits per heavy atom. The monoisotopic (exact) mass is 452 g/mol. The molecule has 3 aliphatic carbocycles. The number of hydrogen-bond donors (Lipinski definition) is 1. The van der Waals surface area contributed by atoms with Crippen LogP contribution in [0.4, 0.5) is 10.1 Å². The summed E-state index contributed by atoms with van der Waals surface area (Å²) in [7, 11) is 0. The number of halogens is 2. The van der Waals surface area contributed by atoms with Gasteiger partial charge in [0.1, 0.15) is 5.83 Å². The number of pyridine rings is 1. The summed E-state index contributed by atoms with van der Waals surface area (Å²) in [5, 5.41) is 2.92. The normalized spacial score (nSPS) is 24.9. The van der Waals surface area contributed by atoms with Crippen LogP contribution >= 0.6 is 11.6 Å². The van der Waals surface area contributed by atoms with Crippen molar-refractivity contribution in [3.63, 3.8) is 0 Å². The molecule has 0 saturated carbocycles. The summed E-state index contributed by atoms with van der Waals surface area (Å²) in [6, 6.07) is 1.57. The zero-order valence-electron chi connectivity index (χ0n) is 18.0. The van der Waals surface area contributed by atoms with E-state index >= 15 is 0 Å². The van der Waals surface area contributed by atoms with E-state index in [1.165, 1.54) is 18.0 Å². The van der Waals surface area contributed by atoms with Crippen LogP contribution in [0.15, 0.2) is 77.5 Å². The molecule has 0 saturated heterocycles. The van der Waals surface area contributed by atoms with Gasteiger partial charge in [-0.3, -0.25) is 14.6 Å². The third kappa shape index (κ3) is 4.83. The fourth-order valence-electron chi connectivity index (χ4n) is 4.87. The molecule has 3 atom stereocenters. The predicted octanol–water partition coefficient (Wildman–Crippen LogP) is 6.29. The van der Waals surface area contributed by atoms with Crippen molar-refractivity contribution in [2.45, 2.75) is 39.0 Å². The molecule has 4 nitrogen and oxygen atoms in total. The van der Waals surface area contributed by atoms with Gasteiger partial charge in [0, 0.05) is 24.4 Å². The number of hydrogen-bond acceptors (Lipinski definition) is 3. The Hall–Kier alpha value is -2.79. The first kappa shape index (κ1) is 22.4. The van der Waals surface area contributed by atoms with Crippen LogP contribution in [0.2, 0.25) is 5.02 Å². The summed E-state index contributed by atoms with van der Waals surface area (Å²) in [6.45, 7) is 2.22. The van der Waals surface area contributed by atoms with Crippen molar-refractivity contribution < 1.29 is 14.0 Å². The van der Waals surface area contributed by atoms with E-state index in [-0.39, 0.29) is 22.7 Å². The molecule has 0 radical (unpaired) electrons. The number of nitrogens with zero attached hydrogens (tertiary/aromatic N) is 1. The van der Waals surface area contributed by atoms with Gasteiger partial charge in [-0.2, -0.15) is 0 Å². The molecule has 1 amide bonds. The molecular weight excluding hydrogens is 427 g/mol. The van der Waals surface area contributed by atoms with Crippen LogP contribution in [0.25, 0.3) is 0 Å². The number of carbonyl (C=O) groups excluding carboxylic acids is 2. The van der Waals surface area contributed by atoms with E-state index in [2.05, 4.69) is 23.3 Å². The Balaban J connectivity index is 1.61. The molecule has 1 heterocycles. The van der Waals surface area contributed by atoms with Crippen molar-refractivity contribution in [1.82, 2.24) is 4.98 Å². The minimum absolute atomic E-state index is 0.0889. The lowest BCUT2D eigenvalue weighted by Gasteiger charge is -2.38. The zero-order chi connectivity index (χ0) is 22.7. The number of allylic oxidation sites excluding steroid dienone is 9. The van der Waals surface area contributed by atoms with Crippen molar-refractivity contribution in [3.05, 3.63) is 82.5 Å². The molecule has 166 valence electrons. The number of carbonyl (C=O) groups is 2. The summed E-state index contributed by atoms with van der Waals surface area (Å²) in [5.74, 6) is -0.598. The quantitative estimate of drug-likeness (QED) is 0.534. The third-order valence-corrected chi connectivity index (χ3v) is 7.02. The van der Waals surface area contributed by atoms with Crippen molar-refractivity contribution in [3.8, 4) is 0 Å². The minimum atomic E-state index is -0.694. The number of rotatable bonds is 5. The van der Waals surface area contributed by atoms with Crippen molar-refractivity contribution in [2.24, 2.45) is 17.8 Å². The fourth-order valence-corrected chi connectivity index (χ4v) is 5.03. The molecule has 0 aromatic carbocycles. The summed E-state index contributed by atoms with van der Waals surface area (Å²) in [4.78, 5) is 30.1. The SMILES string of the molecule is CC1C(CC2=CC=C(F)CC2)CC(C(=O)C(=O)Nc2ccncc2Cl)=C2C=CC=CCC21. The first-order valence-electron chi connectivity index (χ1n) is 11.0. The molecule has 0 spiro atoms. The first-order valence-corrected chi connectivity index (χ1v) is 11.4. The van der Waals surface area contributed by atoms with Crippen molar-refractivity contribution in [1.29, 1.82) is 0 Å². The van der Waals surface area contributed by atoms with Crippen molar-refractivity contribution >= 4 is 29.0 Å². The molecule has 32 heavy (non-hydrogen) atoms. The van der Waals surface area contributed by atoms with Gasteiger partial charge < -0.3 is 5.32 Å². The maximum Gasteiger partial charge on any atom is 0.296 e. The average molecular weight is 453 g/mol. The molecule has 4 rings (SSSR count). The summed E-state index contributed by atoms with van der Waals surface area (Å²) in [6.07, 6.45) is 17.6. The highest BCUT2D eigenvalue weighted by Crippen LogP contribution is 2.45. The van der Waals surface area contributed by atoms with Crippen LogP contribution in [0.3, 0.4) is 0 Å². The lowest BCUT2D eigenvalue weighted by Crippen LogP contribution is -2.34. The van der Waals surface area contributed by atoms with Gasteiger partial charge >= 0.3 is 0 Å². The summed E-state index contributed by atoms with van der Waals surface area (Å²) >= 11 is 6.09. The van der Waals surface area contributed by atoms with Crippen LogP contribution in [-0.4, -0.2) is 16.7 Å². The largest absolute Gasteiger partial charge is 0.318 e.